The minimum Gasteiger partial charge on any atom is -0.465 e. The molecule has 0 rings (SSSR count). The number of esters is 1. The number of ether oxygens (including phenoxy) is 1. The van der Waals surface area contributed by atoms with E-state index in [1.54, 1.807) is 6.92 Å². The Kier molecular flexibility index (Phi) is 6.92. The second-order valence-electron chi connectivity index (χ2n) is 3.00. The van der Waals surface area contributed by atoms with E-state index >= 15 is 0 Å². The number of thioether (sulfide) groups is 1. The summed E-state index contributed by atoms with van der Waals surface area (Å²) >= 11 is 5.99. The first-order chi connectivity index (χ1) is 6.52. The van der Waals surface area contributed by atoms with Gasteiger partial charge in [0.1, 0.15) is 9.57 Å². The van der Waals surface area contributed by atoms with Crippen LogP contribution in [0, 0.1) is 5.92 Å². The van der Waals surface area contributed by atoms with Gasteiger partial charge in [-0.1, -0.05) is 44.2 Å². The Bertz CT molecular complexity index is 209. The van der Waals surface area contributed by atoms with Crippen LogP contribution in [0.25, 0.3) is 0 Å². The van der Waals surface area contributed by atoms with Crippen LogP contribution in [-0.4, -0.2) is 22.1 Å². The Labute approximate surface area is 94.8 Å². The molecule has 3 nitrogen and oxygen atoms in total. The van der Waals surface area contributed by atoms with Crippen molar-refractivity contribution in [2.45, 2.75) is 32.4 Å². The average molecular weight is 235 g/mol. The maximum Gasteiger partial charge on any atom is 0.319 e. The van der Waals surface area contributed by atoms with E-state index < -0.39 is 0 Å². The van der Waals surface area contributed by atoms with Crippen molar-refractivity contribution in [1.82, 2.24) is 0 Å². The normalized spacial score (nSPS) is 14.5. The molecule has 0 aromatic rings. The first-order valence-electron chi connectivity index (χ1n) is 4.65. The first-order valence-corrected chi connectivity index (χ1v) is 5.94. The van der Waals surface area contributed by atoms with E-state index in [0.29, 0.717) is 10.9 Å². The highest BCUT2D eigenvalue weighted by molar-refractivity contribution is 8.23. The van der Waals surface area contributed by atoms with Crippen molar-refractivity contribution in [3.8, 4) is 0 Å². The minimum atomic E-state index is -0.266. The predicted octanol–water partition coefficient (Wildman–Crippen LogP) is 1.94. The van der Waals surface area contributed by atoms with Crippen molar-refractivity contribution in [3.63, 3.8) is 0 Å². The molecule has 0 fully saturated rings. The summed E-state index contributed by atoms with van der Waals surface area (Å²) in [6.45, 7) is 6.20. The van der Waals surface area contributed by atoms with Crippen molar-refractivity contribution in [2.75, 3.05) is 6.61 Å². The molecule has 0 radical (unpaired) electrons. The van der Waals surface area contributed by atoms with Crippen LogP contribution < -0.4 is 5.73 Å². The lowest BCUT2D eigenvalue weighted by Crippen LogP contribution is -2.29. The maximum atomic E-state index is 11.5. The lowest BCUT2D eigenvalue weighted by Gasteiger charge is -2.19. The van der Waals surface area contributed by atoms with Gasteiger partial charge in [-0.15, -0.1) is 0 Å². The zero-order valence-corrected chi connectivity index (χ0v) is 10.4. The largest absolute Gasteiger partial charge is 0.465 e. The Morgan fingerprint density at radius 2 is 2.14 bits per heavy atom. The highest BCUT2D eigenvalue weighted by Gasteiger charge is 2.26. The van der Waals surface area contributed by atoms with Crippen LogP contribution in [0.1, 0.15) is 27.2 Å². The third kappa shape index (κ3) is 4.81. The monoisotopic (exact) mass is 235 g/mol. The van der Waals surface area contributed by atoms with Gasteiger partial charge in [-0.3, -0.25) is 4.79 Å². The zero-order chi connectivity index (χ0) is 11.1. The van der Waals surface area contributed by atoms with Gasteiger partial charge in [0.15, 0.2) is 0 Å². The Morgan fingerprint density at radius 1 is 1.57 bits per heavy atom. The van der Waals surface area contributed by atoms with Crippen molar-refractivity contribution in [3.05, 3.63) is 0 Å². The molecule has 0 aliphatic rings. The summed E-state index contributed by atoms with van der Waals surface area (Å²) in [5, 5.41) is -0.266. The zero-order valence-electron chi connectivity index (χ0n) is 8.78. The Hall–Kier alpha value is -0.290. The molecule has 0 aromatic heterocycles. The molecule has 14 heavy (non-hydrogen) atoms. The van der Waals surface area contributed by atoms with E-state index in [1.807, 2.05) is 13.8 Å². The van der Waals surface area contributed by atoms with Crippen molar-refractivity contribution >= 4 is 34.3 Å². The fourth-order valence-electron chi connectivity index (χ4n) is 0.960. The van der Waals surface area contributed by atoms with Gasteiger partial charge >= 0.3 is 5.97 Å². The fraction of sp³-hybridized carbons (Fsp3) is 0.778. The van der Waals surface area contributed by atoms with Crippen LogP contribution in [0.5, 0.6) is 0 Å². The number of hydrogen-bond donors (Lipinski definition) is 1. The number of rotatable bonds is 5. The van der Waals surface area contributed by atoms with Gasteiger partial charge in [0, 0.05) is 0 Å². The van der Waals surface area contributed by atoms with Crippen LogP contribution in [-0.2, 0) is 9.53 Å². The van der Waals surface area contributed by atoms with Crippen LogP contribution >= 0.6 is 24.0 Å². The van der Waals surface area contributed by atoms with E-state index in [4.69, 9.17) is 22.7 Å². The molecule has 2 atom stereocenters. The molecule has 0 aliphatic carbocycles. The summed E-state index contributed by atoms with van der Waals surface area (Å²) in [4.78, 5) is 11.5. The summed E-state index contributed by atoms with van der Waals surface area (Å²) in [6.07, 6.45) is 0.902. The second-order valence-corrected chi connectivity index (χ2v) is 4.88. The number of thiocarbonyl (C=S) groups is 1. The Balaban J connectivity index is 4.37. The molecule has 0 amide bonds. The van der Waals surface area contributed by atoms with Gasteiger partial charge in [0.2, 0.25) is 0 Å². The standard InChI is InChI=1S/C9H17NO2S2/c1-4-6(3)7(14-9(10)13)8(11)12-5-2/h6-7H,4-5H2,1-3H3,(H2,10,13)/t6-,7-/m0/s1. The molecule has 0 aliphatic heterocycles. The van der Waals surface area contributed by atoms with Crippen LogP contribution in [0.4, 0.5) is 0 Å². The summed E-state index contributed by atoms with van der Waals surface area (Å²) < 4.78 is 5.25. The molecule has 5 heteroatoms. The van der Waals surface area contributed by atoms with Gasteiger partial charge in [-0.25, -0.2) is 0 Å². The van der Waals surface area contributed by atoms with Crippen molar-refractivity contribution < 1.29 is 9.53 Å². The molecule has 0 heterocycles. The van der Waals surface area contributed by atoms with E-state index in [1.165, 1.54) is 11.8 Å². The molecule has 0 bridgehead atoms. The lowest BCUT2D eigenvalue weighted by molar-refractivity contribution is -0.143. The molecular weight excluding hydrogens is 218 g/mol. The van der Waals surface area contributed by atoms with Gasteiger partial charge in [0.05, 0.1) is 6.61 Å². The van der Waals surface area contributed by atoms with Gasteiger partial charge in [-0.2, -0.15) is 0 Å². The molecule has 2 N–H and O–H groups in total. The van der Waals surface area contributed by atoms with E-state index in [0.717, 1.165) is 6.42 Å². The fourth-order valence-corrected chi connectivity index (χ4v) is 2.11. The summed E-state index contributed by atoms with van der Waals surface area (Å²) in [5.74, 6) is 0.000185. The molecule has 0 saturated carbocycles. The minimum absolute atomic E-state index is 0.223. The van der Waals surface area contributed by atoms with E-state index in [2.05, 4.69) is 0 Å². The topological polar surface area (TPSA) is 52.3 Å². The molecule has 0 aromatic carbocycles. The van der Waals surface area contributed by atoms with Gasteiger partial charge < -0.3 is 10.5 Å². The highest BCUT2D eigenvalue weighted by atomic mass is 32.2. The molecule has 82 valence electrons. The second kappa shape index (κ2) is 7.06. The predicted molar refractivity (Wildman–Crippen MR) is 64.3 cm³/mol. The summed E-state index contributed by atoms with van der Waals surface area (Å²) in [6, 6.07) is 0. The quantitative estimate of drug-likeness (QED) is 0.583. The van der Waals surface area contributed by atoms with Gasteiger partial charge in [-0.05, 0) is 12.8 Å². The smallest absolute Gasteiger partial charge is 0.319 e. The summed E-state index contributed by atoms with van der Waals surface area (Å²) in [7, 11) is 0. The highest BCUT2D eigenvalue weighted by Crippen LogP contribution is 2.23. The number of carbonyl (C=O) groups excluding carboxylic acids is 1. The Morgan fingerprint density at radius 3 is 2.50 bits per heavy atom. The first kappa shape index (κ1) is 13.7. The SMILES string of the molecule is CCOC(=O)[C@@H](SC(N)=S)[C@@H](C)CC. The third-order valence-electron chi connectivity index (χ3n) is 1.92. The van der Waals surface area contributed by atoms with Crippen molar-refractivity contribution in [1.29, 1.82) is 0 Å². The van der Waals surface area contributed by atoms with Gasteiger partial charge in [0.25, 0.3) is 0 Å². The number of hydrogen-bond acceptors (Lipinski definition) is 4. The van der Waals surface area contributed by atoms with Crippen LogP contribution in [0.2, 0.25) is 0 Å². The van der Waals surface area contributed by atoms with Crippen molar-refractivity contribution in [2.24, 2.45) is 11.7 Å². The van der Waals surface area contributed by atoms with Crippen LogP contribution in [0.3, 0.4) is 0 Å². The molecule has 0 unspecified atom stereocenters. The van der Waals surface area contributed by atoms with E-state index in [-0.39, 0.29) is 17.1 Å². The average Bonchev–Trinajstić information content (AvgIpc) is 2.13. The number of carbonyl (C=O) groups is 1. The lowest BCUT2D eigenvalue weighted by atomic mass is 10.1. The van der Waals surface area contributed by atoms with Crippen LogP contribution in [0.15, 0.2) is 0 Å². The summed E-state index contributed by atoms with van der Waals surface area (Å²) in [5.41, 5.74) is 5.41. The third-order valence-corrected chi connectivity index (χ3v) is 3.35. The molecular formula is C9H17NO2S2. The molecule has 0 spiro atoms. The maximum absolute atomic E-state index is 11.5. The molecule has 0 saturated heterocycles. The van der Waals surface area contributed by atoms with E-state index in [9.17, 15) is 4.79 Å². The number of nitrogens with two attached hydrogens (primary N) is 1.